The third-order valence-corrected chi connectivity index (χ3v) is 6.18. The topological polar surface area (TPSA) is 77.8 Å². The Morgan fingerprint density at radius 1 is 0.853 bits per heavy atom. The van der Waals surface area contributed by atoms with E-state index in [2.05, 4.69) is 70.4 Å². The molecule has 9 heteroatoms. The van der Waals surface area contributed by atoms with Crippen molar-refractivity contribution in [3.8, 4) is 17.2 Å². The Balaban J connectivity index is 1.75. The number of rotatable bonds is 7. The van der Waals surface area contributed by atoms with Gasteiger partial charge in [0, 0.05) is 31.9 Å². The summed E-state index contributed by atoms with van der Waals surface area (Å²) in [6, 6.07) is 14.3. The smallest absolute Gasteiger partial charge is 0.203 e. The van der Waals surface area contributed by atoms with E-state index < -0.39 is 0 Å². The van der Waals surface area contributed by atoms with Gasteiger partial charge >= 0.3 is 0 Å². The van der Waals surface area contributed by atoms with Crippen molar-refractivity contribution in [1.82, 2.24) is 25.1 Å². The van der Waals surface area contributed by atoms with Crippen molar-refractivity contribution in [3.63, 3.8) is 0 Å². The average molecular weight is 467 g/mol. The molecular weight excluding hydrogens is 432 g/mol. The van der Waals surface area contributed by atoms with Gasteiger partial charge in [-0.05, 0) is 61.0 Å². The number of hydrogen-bond donors (Lipinski definition) is 0. The first-order chi connectivity index (χ1) is 16.4. The minimum atomic E-state index is -0.274. The van der Waals surface area contributed by atoms with Crippen molar-refractivity contribution in [2.24, 2.45) is 0 Å². The van der Waals surface area contributed by atoms with Crippen LogP contribution in [0.2, 0.25) is 0 Å². The Labute approximate surface area is 201 Å². The van der Waals surface area contributed by atoms with E-state index in [-0.39, 0.29) is 11.6 Å². The van der Waals surface area contributed by atoms with Gasteiger partial charge < -0.3 is 19.1 Å². The van der Waals surface area contributed by atoms with Gasteiger partial charge in [-0.15, -0.1) is 5.10 Å². The van der Waals surface area contributed by atoms with Crippen molar-refractivity contribution >= 4 is 5.69 Å². The summed E-state index contributed by atoms with van der Waals surface area (Å²) in [7, 11) is 4.88. The van der Waals surface area contributed by atoms with Gasteiger partial charge in [-0.2, -0.15) is 0 Å². The van der Waals surface area contributed by atoms with E-state index in [1.807, 2.05) is 22.9 Å². The van der Waals surface area contributed by atoms with E-state index in [0.29, 0.717) is 17.2 Å². The Morgan fingerprint density at radius 3 is 2.00 bits per heavy atom. The zero-order valence-electron chi connectivity index (χ0n) is 20.9. The lowest BCUT2D eigenvalue weighted by Gasteiger charge is -2.40. The number of ether oxygens (including phenoxy) is 3. The molecule has 3 aromatic rings. The van der Waals surface area contributed by atoms with Crippen molar-refractivity contribution in [2.45, 2.75) is 32.4 Å². The van der Waals surface area contributed by atoms with Crippen LogP contribution in [0.3, 0.4) is 0 Å². The maximum absolute atomic E-state index is 5.66. The number of anilines is 1. The van der Waals surface area contributed by atoms with Crippen LogP contribution in [0.15, 0.2) is 42.5 Å². The van der Waals surface area contributed by atoms with Gasteiger partial charge in [0.1, 0.15) is 0 Å². The highest BCUT2D eigenvalue weighted by molar-refractivity contribution is 5.55. The van der Waals surface area contributed by atoms with Gasteiger partial charge in [0.25, 0.3) is 0 Å². The second-order valence-electron chi connectivity index (χ2n) is 9.34. The van der Waals surface area contributed by atoms with Crippen LogP contribution in [-0.4, -0.2) is 72.6 Å². The van der Waals surface area contributed by atoms with Gasteiger partial charge in [0.2, 0.25) is 5.75 Å². The lowest BCUT2D eigenvalue weighted by atomic mass is 10.00. The minimum Gasteiger partial charge on any atom is -0.493 e. The molecule has 9 nitrogen and oxygen atoms in total. The first-order valence-corrected chi connectivity index (χ1v) is 11.5. The molecule has 34 heavy (non-hydrogen) atoms. The van der Waals surface area contributed by atoms with Crippen LogP contribution in [0.25, 0.3) is 0 Å². The fourth-order valence-corrected chi connectivity index (χ4v) is 4.50. The summed E-state index contributed by atoms with van der Waals surface area (Å²) in [5.41, 5.74) is 1.96. The third-order valence-electron chi connectivity index (χ3n) is 6.18. The number of benzene rings is 2. The molecule has 0 radical (unpaired) electrons. The summed E-state index contributed by atoms with van der Waals surface area (Å²) in [5, 5.41) is 12.9. The van der Waals surface area contributed by atoms with Crippen LogP contribution in [0.1, 0.15) is 38.2 Å². The summed E-state index contributed by atoms with van der Waals surface area (Å²) in [6.45, 7) is 9.83. The second-order valence-corrected chi connectivity index (χ2v) is 9.34. The van der Waals surface area contributed by atoms with Gasteiger partial charge in [0.15, 0.2) is 17.3 Å². The highest BCUT2D eigenvalue weighted by Crippen LogP contribution is 2.42. The van der Waals surface area contributed by atoms with Gasteiger partial charge in [-0.1, -0.05) is 18.2 Å². The number of aromatic nitrogens is 4. The molecule has 2 aromatic carbocycles. The Hall–Kier alpha value is -3.33. The number of hydrogen-bond acceptors (Lipinski definition) is 8. The van der Waals surface area contributed by atoms with E-state index in [1.54, 1.807) is 21.3 Å². The highest BCUT2D eigenvalue weighted by Gasteiger charge is 2.34. The zero-order chi connectivity index (χ0) is 24.3. The molecule has 0 spiro atoms. The molecule has 4 rings (SSSR count). The number of methoxy groups -OCH3 is 3. The van der Waals surface area contributed by atoms with Gasteiger partial charge in [0.05, 0.1) is 32.9 Å². The molecule has 0 bridgehead atoms. The Morgan fingerprint density at radius 2 is 1.47 bits per heavy atom. The largest absolute Gasteiger partial charge is 0.493 e. The second kappa shape index (κ2) is 9.89. The first kappa shape index (κ1) is 23.8. The summed E-state index contributed by atoms with van der Waals surface area (Å²) in [6.07, 6.45) is 0. The van der Waals surface area contributed by atoms with Gasteiger partial charge in [-0.25, -0.2) is 4.68 Å². The molecule has 1 saturated heterocycles. The summed E-state index contributed by atoms with van der Waals surface area (Å²) in [4.78, 5) is 4.84. The molecule has 0 amide bonds. The predicted molar refractivity (Wildman–Crippen MR) is 131 cm³/mol. The van der Waals surface area contributed by atoms with Gasteiger partial charge in [-0.3, -0.25) is 4.90 Å². The summed E-state index contributed by atoms with van der Waals surface area (Å²) >= 11 is 0. The fourth-order valence-electron chi connectivity index (χ4n) is 4.50. The van der Waals surface area contributed by atoms with Crippen LogP contribution >= 0.6 is 0 Å². The fraction of sp³-hybridized carbons (Fsp3) is 0.480. The Bertz CT molecular complexity index is 1060. The molecule has 1 aromatic heterocycles. The maximum Gasteiger partial charge on any atom is 0.203 e. The molecule has 1 fully saturated rings. The number of tetrazole rings is 1. The van der Waals surface area contributed by atoms with Crippen LogP contribution in [0.4, 0.5) is 5.69 Å². The zero-order valence-corrected chi connectivity index (χ0v) is 20.9. The van der Waals surface area contributed by atoms with E-state index in [9.17, 15) is 0 Å². The molecule has 0 N–H and O–H groups in total. The molecule has 0 aliphatic carbocycles. The number of para-hydroxylation sites is 1. The lowest BCUT2D eigenvalue weighted by Crippen LogP contribution is -2.48. The lowest BCUT2D eigenvalue weighted by molar-refractivity contribution is 0.190. The molecule has 1 atom stereocenters. The SMILES string of the molecule is COc1cc(C(c2nnnn2C(C)(C)C)N2CCN(c3ccccc3)CC2)cc(OC)c1OC. The van der Waals surface area contributed by atoms with Crippen molar-refractivity contribution in [2.75, 3.05) is 52.4 Å². The van der Waals surface area contributed by atoms with Crippen molar-refractivity contribution in [1.29, 1.82) is 0 Å². The monoisotopic (exact) mass is 466 g/mol. The summed E-state index contributed by atoms with van der Waals surface area (Å²) in [5.74, 6) is 2.57. The predicted octanol–water partition coefficient (Wildman–Crippen LogP) is 3.37. The average Bonchev–Trinajstić information content (AvgIpc) is 3.34. The third kappa shape index (κ3) is 4.65. The van der Waals surface area contributed by atoms with Crippen molar-refractivity contribution < 1.29 is 14.2 Å². The minimum absolute atomic E-state index is 0.180. The molecular formula is C25H34N6O3. The molecule has 1 aliphatic rings. The van der Waals surface area contributed by atoms with Crippen LogP contribution in [0.5, 0.6) is 17.2 Å². The molecule has 1 aliphatic heterocycles. The first-order valence-electron chi connectivity index (χ1n) is 11.5. The molecule has 2 heterocycles. The highest BCUT2D eigenvalue weighted by atomic mass is 16.5. The summed E-state index contributed by atoms with van der Waals surface area (Å²) < 4.78 is 18.8. The maximum atomic E-state index is 5.66. The number of nitrogens with zero attached hydrogens (tertiary/aromatic N) is 6. The van der Waals surface area contributed by atoms with E-state index in [4.69, 9.17) is 14.2 Å². The van der Waals surface area contributed by atoms with E-state index in [0.717, 1.165) is 37.6 Å². The van der Waals surface area contributed by atoms with Crippen LogP contribution < -0.4 is 19.1 Å². The van der Waals surface area contributed by atoms with E-state index >= 15 is 0 Å². The number of piperazine rings is 1. The van der Waals surface area contributed by atoms with Crippen LogP contribution in [0, 0.1) is 0 Å². The van der Waals surface area contributed by atoms with Crippen LogP contribution in [-0.2, 0) is 5.54 Å². The molecule has 182 valence electrons. The molecule has 1 unspecified atom stereocenters. The van der Waals surface area contributed by atoms with Crippen molar-refractivity contribution in [3.05, 3.63) is 53.9 Å². The standard InChI is InChI=1S/C25H34N6O3/c1-25(2,3)31-24(26-27-28-31)22(18-16-20(32-4)23(34-6)21(17-18)33-5)30-14-12-29(13-15-30)19-10-8-7-9-11-19/h7-11,16-17,22H,12-15H2,1-6H3. The normalized spacial score (nSPS) is 15.8. The molecule has 0 saturated carbocycles. The Kier molecular flexibility index (Phi) is 6.92. The van der Waals surface area contributed by atoms with E-state index in [1.165, 1.54) is 5.69 Å². The quantitative estimate of drug-likeness (QED) is 0.525.